The predicted molar refractivity (Wildman–Crippen MR) is 68.3 cm³/mol. The molecule has 0 saturated heterocycles. The van der Waals surface area contributed by atoms with E-state index < -0.39 is 5.97 Å². The highest BCUT2D eigenvalue weighted by Crippen LogP contribution is 2.31. The van der Waals surface area contributed by atoms with Crippen LogP contribution < -0.4 is 0 Å². The van der Waals surface area contributed by atoms with Crippen LogP contribution in [0.2, 0.25) is 0 Å². The number of fused-ring (bicyclic) bond motifs is 1. The summed E-state index contributed by atoms with van der Waals surface area (Å²) in [6.07, 6.45) is 0.901. The van der Waals surface area contributed by atoms with Gasteiger partial charge in [0.25, 0.3) is 0 Å². The van der Waals surface area contributed by atoms with Crippen molar-refractivity contribution in [2.24, 2.45) is 0 Å². The van der Waals surface area contributed by atoms with Crippen molar-refractivity contribution in [3.63, 3.8) is 0 Å². The average molecular weight is 231 g/mol. The van der Waals surface area contributed by atoms with Gasteiger partial charge in [-0.3, -0.25) is 4.79 Å². The van der Waals surface area contributed by atoms with Gasteiger partial charge in [0.05, 0.1) is 0 Å². The highest BCUT2D eigenvalue weighted by Gasteiger charge is 2.15. The minimum Gasteiger partial charge on any atom is -0.481 e. The number of carboxylic acids is 1. The second-order valence-electron chi connectivity index (χ2n) is 4.54. The van der Waals surface area contributed by atoms with Crippen LogP contribution in [0.25, 0.3) is 10.9 Å². The summed E-state index contributed by atoms with van der Waals surface area (Å²) in [5, 5.41) is 9.95. The molecule has 2 N–H and O–H groups in total. The first-order chi connectivity index (χ1) is 8.09. The van der Waals surface area contributed by atoms with E-state index in [-0.39, 0.29) is 12.3 Å². The summed E-state index contributed by atoms with van der Waals surface area (Å²) in [5.74, 6) is -0.461. The smallest absolute Gasteiger partial charge is 0.303 e. The number of aryl methyl sites for hydroxylation is 1. The highest BCUT2D eigenvalue weighted by molar-refractivity contribution is 5.85. The second kappa shape index (κ2) is 4.62. The molecule has 0 radical (unpaired) electrons. The van der Waals surface area contributed by atoms with Gasteiger partial charge in [-0.05, 0) is 30.9 Å². The molecule has 1 unspecified atom stereocenters. The van der Waals surface area contributed by atoms with E-state index in [9.17, 15) is 4.79 Å². The van der Waals surface area contributed by atoms with Gasteiger partial charge >= 0.3 is 5.97 Å². The van der Waals surface area contributed by atoms with Crippen molar-refractivity contribution < 1.29 is 9.90 Å². The Morgan fingerprint density at radius 2 is 2.12 bits per heavy atom. The van der Waals surface area contributed by atoms with Gasteiger partial charge in [-0.25, -0.2) is 0 Å². The van der Waals surface area contributed by atoms with Crippen LogP contribution in [0.4, 0.5) is 0 Å². The summed E-state index contributed by atoms with van der Waals surface area (Å²) in [5.41, 5.74) is 3.52. The molecular weight excluding hydrogens is 214 g/mol. The molecule has 0 aliphatic carbocycles. The third-order valence-corrected chi connectivity index (χ3v) is 3.23. The Hall–Kier alpha value is -1.77. The maximum atomic E-state index is 10.6. The average Bonchev–Trinajstić information content (AvgIpc) is 2.61. The molecule has 0 saturated carbocycles. The number of carbonyl (C=O) groups is 1. The molecule has 0 fully saturated rings. The minimum atomic E-state index is -0.727. The van der Waals surface area contributed by atoms with Gasteiger partial charge in [-0.15, -0.1) is 0 Å². The quantitative estimate of drug-likeness (QED) is 0.846. The van der Waals surface area contributed by atoms with E-state index >= 15 is 0 Å². The van der Waals surface area contributed by atoms with Crippen molar-refractivity contribution in [3.05, 3.63) is 35.5 Å². The molecule has 1 heterocycles. The largest absolute Gasteiger partial charge is 0.481 e. The zero-order valence-electron chi connectivity index (χ0n) is 10.2. The Morgan fingerprint density at radius 3 is 2.82 bits per heavy atom. The van der Waals surface area contributed by atoms with Gasteiger partial charge in [0.2, 0.25) is 0 Å². The van der Waals surface area contributed by atoms with Gasteiger partial charge in [-0.1, -0.05) is 25.1 Å². The van der Waals surface area contributed by atoms with Crippen LogP contribution in [0.5, 0.6) is 0 Å². The summed E-state index contributed by atoms with van der Waals surface area (Å²) in [4.78, 5) is 14.0. The molecule has 1 aromatic carbocycles. The van der Waals surface area contributed by atoms with Crippen molar-refractivity contribution in [1.29, 1.82) is 0 Å². The number of rotatable bonds is 4. The number of aromatic amines is 1. The van der Waals surface area contributed by atoms with E-state index in [0.29, 0.717) is 6.42 Å². The molecule has 0 bridgehead atoms. The van der Waals surface area contributed by atoms with Crippen molar-refractivity contribution in [2.45, 2.75) is 32.6 Å². The van der Waals surface area contributed by atoms with E-state index in [1.54, 1.807) is 0 Å². The summed E-state index contributed by atoms with van der Waals surface area (Å²) in [7, 11) is 0. The van der Waals surface area contributed by atoms with Crippen LogP contribution in [0.3, 0.4) is 0 Å². The predicted octanol–water partition coefficient (Wildman–Crippen LogP) is 3.44. The van der Waals surface area contributed by atoms with Crippen molar-refractivity contribution in [2.75, 3.05) is 0 Å². The number of hydrogen-bond donors (Lipinski definition) is 2. The van der Waals surface area contributed by atoms with Gasteiger partial charge < -0.3 is 10.1 Å². The van der Waals surface area contributed by atoms with Crippen LogP contribution in [-0.2, 0) is 4.79 Å². The molecule has 0 aliphatic rings. The molecule has 90 valence electrons. The van der Waals surface area contributed by atoms with Crippen LogP contribution in [0.1, 0.15) is 36.9 Å². The van der Waals surface area contributed by atoms with Crippen molar-refractivity contribution >= 4 is 16.9 Å². The summed E-state index contributed by atoms with van der Waals surface area (Å²) in [6.45, 7) is 4.14. The van der Waals surface area contributed by atoms with Gasteiger partial charge in [0.1, 0.15) is 0 Å². The van der Waals surface area contributed by atoms with Gasteiger partial charge in [0, 0.05) is 23.0 Å². The van der Waals surface area contributed by atoms with Gasteiger partial charge in [-0.2, -0.15) is 0 Å². The topological polar surface area (TPSA) is 53.1 Å². The van der Waals surface area contributed by atoms with Crippen LogP contribution >= 0.6 is 0 Å². The van der Waals surface area contributed by atoms with E-state index in [1.807, 2.05) is 19.1 Å². The third kappa shape index (κ3) is 2.33. The minimum absolute atomic E-state index is 0.222. The number of benzene rings is 1. The summed E-state index contributed by atoms with van der Waals surface area (Å²) < 4.78 is 0. The Labute approximate surface area is 100 Å². The van der Waals surface area contributed by atoms with Crippen LogP contribution in [0, 0.1) is 6.92 Å². The molecule has 3 nitrogen and oxygen atoms in total. The highest BCUT2D eigenvalue weighted by atomic mass is 16.4. The number of nitrogens with one attached hydrogen (secondary N) is 1. The van der Waals surface area contributed by atoms with Crippen LogP contribution in [0.15, 0.2) is 24.3 Å². The van der Waals surface area contributed by atoms with E-state index in [4.69, 9.17) is 5.11 Å². The first-order valence-electron chi connectivity index (χ1n) is 5.88. The van der Waals surface area contributed by atoms with Crippen molar-refractivity contribution in [1.82, 2.24) is 4.98 Å². The Morgan fingerprint density at radius 1 is 1.41 bits per heavy atom. The van der Waals surface area contributed by atoms with E-state index in [0.717, 1.165) is 11.2 Å². The molecular formula is C14H17NO2. The molecule has 3 heteroatoms. The lowest BCUT2D eigenvalue weighted by Crippen LogP contribution is -2.00. The first-order valence-corrected chi connectivity index (χ1v) is 5.88. The standard InChI is InChI=1S/C14H17NO2/c1-9(7-8-13(16)17)14-10(2)15-12-6-4-3-5-11(12)14/h3-6,9,15H,7-8H2,1-2H3,(H,16,17). The second-order valence-corrected chi connectivity index (χ2v) is 4.54. The maximum Gasteiger partial charge on any atom is 0.303 e. The fourth-order valence-corrected chi connectivity index (χ4v) is 2.42. The first kappa shape index (κ1) is 11.7. The molecule has 2 aromatic rings. The number of aliphatic carboxylic acids is 1. The molecule has 2 rings (SSSR count). The van der Waals surface area contributed by atoms with E-state index in [1.165, 1.54) is 10.9 Å². The molecule has 0 spiro atoms. The fraction of sp³-hybridized carbons (Fsp3) is 0.357. The monoisotopic (exact) mass is 231 g/mol. The summed E-state index contributed by atoms with van der Waals surface area (Å²) in [6, 6.07) is 8.16. The normalized spacial score (nSPS) is 12.8. The number of aromatic nitrogens is 1. The molecule has 1 aromatic heterocycles. The number of para-hydroxylation sites is 1. The lowest BCUT2D eigenvalue weighted by Gasteiger charge is -2.10. The number of carboxylic acid groups (broad SMARTS) is 1. The van der Waals surface area contributed by atoms with Crippen LogP contribution in [-0.4, -0.2) is 16.1 Å². The Kier molecular flexibility index (Phi) is 3.18. The SMILES string of the molecule is Cc1[nH]c2ccccc2c1C(C)CCC(=O)O. The molecule has 1 atom stereocenters. The zero-order chi connectivity index (χ0) is 12.4. The maximum absolute atomic E-state index is 10.6. The molecule has 0 amide bonds. The van der Waals surface area contributed by atoms with Crippen molar-refractivity contribution in [3.8, 4) is 0 Å². The number of hydrogen-bond acceptors (Lipinski definition) is 1. The molecule has 0 aliphatic heterocycles. The summed E-state index contributed by atoms with van der Waals surface area (Å²) >= 11 is 0. The lowest BCUT2D eigenvalue weighted by atomic mass is 9.94. The zero-order valence-corrected chi connectivity index (χ0v) is 10.2. The fourth-order valence-electron chi connectivity index (χ4n) is 2.42. The Bertz CT molecular complexity index is 542. The Balaban J connectivity index is 2.33. The lowest BCUT2D eigenvalue weighted by molar-refractivity contribution is -0.137. The third-order valence-electron chi connectivity index (χ3n) is 3.23. The van der Waals surface area contributed by atoms with E-state index in [2.05, 4.69) is 24.0 Å². The molecule has 17 heavy (non-hydrogen) atoms. The number of H-pyrrole nitrogens is 1. The van der Waals surface area contributed by atoms with Gasteiger partial charge in [0.15, 0.2) is 0 Å².